The van der Waals surface area contributed by atoms with Crippen LogP contribution in [0.15, 0.2) is 42.6 Å². The van der Waals surface area contributed by atoms with E-state index in [1.54, 1.807) is 18.3 Å². The number of pyridine rings is 1. The molecule has 2 aromatic rings. The molecule has 0 amide bonds. The summed E-state index contributed by atoms with van der Waals surface area (Å²) >= 11 is 17.0. The van der Waals surface area contributed by atoms with Crippen molar-refractivity contribution in [3.63, 3.8) is 0 Å². The zero-order valence-electron chi connectivity index (χ0n) is 9.86. The van der Waals surface area contributed by atoms with Crippen LogP contribution in [0.5, 0.6) is 0 Å². The smallest absolute Gasteiger partial charge is 0.172 e. The molecule has 0 aliphatic heterocycles. The fourth-order valence-electron chi connectivity index (χ4n) is 1.43. The van der Waals surface area contributed by atoms with Gasteiger partial charge in [0.1, 0.15) is 5.82 Å². The first-order valence-electron chi connectivity index (χ1n) is 5.55. The van der Waals surface area contributed by atoms with Crippen molar-refractivity contribution in [2.75, 3.05) is 5.32 Å². The Morgan fingerprint density at radius 2 is 1.95 bits per heavy atom. The molecule has 0 bridgehead atoms. The molecular weight excluding hydrogens is 301 g/mol. The first kappa shape index (κ1) is 14.1. The van der Waals surface area contributed by atoms with Crippen LogP contribution in [0.25, 0.3) is 0 Å². The monoisotopic (exact) mass is 311 g/mol. The number of aromatic nitrogens is 1. The fraction of sp³-hybridized carbons (Fsp3) is 0.0769. The Morgan fingerprint density at radius 1 is 1.16 bits per heavy atom. The van der Waals surface area contributed by atoms with Crippen molar-refractivity contribution >= 4 is 46.4 Å². The third-order valence-corrected chi connectivity index (χ3v) is 3.20. The van der Waals surface area contributed by atoms with E-state index in [1.165, 1.54) is 0 Å². The van der Waals surface area contributed by atoms with Crippen LogP contribution in [-0.4, -0.2) is 10.1 Å². The Kier molecular flexibility index (Phi) is 4.96. The van der Waals surface area contributed by atoms with Gasteiger partial charge in [0, 0.05) is 17.8 Å². The molecule has 0 fully saturated rings. The van der Waals surface area contributed by atoms with Crippen molar-refractivity contribution in [1.29, 1.82) is 0 Å². The molecule has 2 rings (SSSR count). The summed E-state index contributed by atoms with van der Waals surface area (Å²) in [5.74, 6) is 0.640. The van der Waals surface area contributed by atoms with Crippen LogP contribution < -0.4 is 10.6 Å². The number of rotatable bonds is 3. The van der Waals surface area contributed by atoms with E-state index in [9.17, 15) is 0 Å². The van der Waals surface area contributed by atoms with Crippen molar-refractivity contribution in [2.45, 2.75) is 6.54 Å². The van der Waals surface area contributed by atoms with Crippen LogP contribution in [0.1, 0.15) is 5.56 Å². The topological polar surface area (TPSA) is 37.0 Å². The van der Waals surface area contributed by atoms with E-state index < -0.39 is 0 Å². The standard InChI is InChI=1S/C13H11Cl2N3S/c14-10-5-6-12(16-8-10)18-13(19)17-7-9-3-1-2-4-11(9)15/h1-6,8H,7H2,(H2,16,17,18,19). The van der Waals surface area contributed by atoms with Gasteiger partial charge in [-0.1, -0.05) is 41.4 Å². The molecule has 19 heavy (non-hydrogen) atoms. The highest BCUT2D eigenvalue weighted by Crippen LogP contribution is 2.14. The number of anilines is 1. The zero-order valence-corrected chi connectivity index (χ0v) is 12.2. The van der Waals surface area contributed by atoms with Crippen LogP contribution in [0, 0.1) is 0 Å². The van der Waals surface area contributed by atoms with Gasteiger partial charge in [-0.3, -0.25) is 0 Å². The average Bonchev–Trinajstić information content (AvgIpc) is 2.40. The molecule has 0 atom stereocenters. The van der Waals surface area contributed by atoms with E-state index >= 15 is 0 Å². The summed E-state index contributed by atoms with van der Waals surface area (Å²) in [5, 5.41) is 7.81. The molecule has 0 spiro atoms. The second-order valence-corrected chi connectivity index (χ2v) is 5.01. The van der Waals surface area contributed by atoms with Gasteiger partial charge in [0.25, 0.3) is 0 Å². The molecule has 0 saturated heterocycles. The minimum absolute atomic E-state index is 0.481. The van der Waals surface area contributed by atoms with E-state index in [0.29, 0.717) is 27.5 Å². The second kappa shape index (κ2) is 6.70. The third kappa shape index (κ3) is 4.35. The van der Waals surface area contributed by atoms with Crippen LogP contribution in [0.2, 0.25) is 10.0 Å². The number of nitrogens with one attached hydrogen (secondary N) is 2. The van der Waals surface area contributed by atoms with Gasteiger partial charge in [-0.25, -0.2) is 4.98 Å². The molecule has 0 unspecified atom stereocenters. The first-order valence-corrected chi connectivity index (χ1v) is 6.71. The summed E-state index contributed by atoms with van der Waals surface area (Å²) in [4.78, 5) is 4.09. The Labute approximate surface area is 127 Å². The Hall–Kier alpha value is -1.36. The average molecular weight is 312 g/mol. The molecule has 0 aliphatic carbocycles. The summed E-state index contributed by atoms with van der Waals surface area (Å²) in [6, 6.07) is 11.1. The molecule has 2 N–H and O–H groups in total. The second-order valence-electron chi connectivity index (χ2n) is 3.76. The van der Waals surface area contributed by atoms with E-state index in [-0.39, 0.29) is 0 Å². The lowest BCUT2D eigenvalue weighted by Crippen LogP contribution is -2.28. The Balaban J connectivity index is 1.88. The number of halogens is 2. The molecule has 0 aliphatic rings. The predicted molar refractivity (Wildman–Crippen MR) is 83.8 cm³/mol. The third-order valence-electron chi connectivity index (χ3n) is 2.37. The number of benzene rings is 1. The van der Waals surface area contributed by atoms with E-state index in [2.05, 4.69) is 15.6 Å². The van der Waals surface area contributed by atoms with Gasteiger partial charge >= 0.3 is 0 Å². The number of thiocarbonyl (C=S) groups is 1. The van der Waals surface area contributed by atoms with Crippen molar-refractivity contribution in [1.82, 2.24) is 10.3 Å². The minimum Gasteiger partial charge on any atom is -0.358 e. The summed E-state index contributed by atoms with van der Waals surface area (Å²) in [7, 11) is 0. The molecule has 1 aromatic carbocycles. The summed E-state index contributed by atoms with van der Waals surface area (Å²) in [5.41, 5.74) is 0.984. The zero-order chi connectivity index (χ0) is 13.7. The highest BCUT2D eigenvalue weighted by Gasteiger charge is 2.01. The molecule has 1 heterocycles. The van der Waals surface area contributed by atoms with Crippen molar-refractivity contribution < 1.29 is 0 Å². The highest BCUT2D eigenvalue weighted by atomic mass is 35.5. The first-order chi connectivity index (χ1) is 9.15. The van der Waals surface area contributed by atoms with Crippen LogP contribution >= 0.6 is 35.4 Å². The molecule has 0 saturated carbocycles. The maximum Gasteiger partial charge on any atom is 0.172 e. The summed E-state index contributed by atoms with van der Waals surface area (Å²) < 4.78 is 0. The normalized spacial score (nSPS) is 10.0. The predicted octanol–water partition coefficient (Wildman–Crippen LogP) is 3.88. The molecule has 98 valence electrons. The van der Waals surface area contributed by atoms with Crippen molar-refractivity contribution in [2.24, 2.45) is 0 Å². The molecular formula is C13H11Cl2N3S. The lowest BCUT2D eigenvalue weighted by Gasteiger charge is -2.10. The van der Waals surface area contributed by atoms with Crippen molar-refractivity contribution in [3.8, 4) is 0 Å². The van der Waals surface area contributed by atoms with Crippen molar-refractivity contribution in [3.05, 3.63) is 58.2 Å². The number of hydrogen-bond donors (Lipinski definition) is 2. The lowest BCUT2D eigenvalue weighted by molar-refractivity contribution is 0.925. The fourth-order valence-corrected chi connectivity index (χ4v) is 1.92. The van der Waals surface area contributed by atoms with Gasteiger partial charge in [-0.15, -0.1) is 0 Å². The van der Waals surface area contributed by atoms with Crippen LogP contribution in [0.4, 0.5) is 5.82 Å². The summed E-state index contributed by atoms with van der Waals surface area (Å²) in [6.45, 7) is 0.555. The minimum atomic E-state index is 0.481. The van der Waals surface area contributed by atoms with Crippen LogP contribution in [0.3, 0.4) is 0 Å². The quantitative estimate of drug-likeness (QED) is 0.844. The van der Waals surface area contributed by atoms with Gasteiger partial charge in [-0.2, -0.15) is 0 Å². The van der Waals surface area contributed by atoms with Gasteiger partial charge in [0.2, 0.25) is 0 Å². The van der Waals surface area contributed by atoms with Gasteiger partial charge in [0.15, 0.2) is 5.11 Å². The maximum atomic E-state index is 6.05. The largest absolute Gasteiger partial charge is 0.358 e. The lowest BCUT2D eigenvalue weighted by atomic mass is 10.2. The van der Waals surface area contributed by atoms with E-state index in [1.807, 2.05) is 24.3 Å². The molecule has 1 aromatic heterocycles. The molecule has 3 nitrogen and oxygen atoms in total. The molecule has 0 radical (unpaired) electrons. The van der Waals surface area contributed by atoms with Gasteiger partial charge in [0.05, 0.1) is 5.02 Å². The van der Waals surface area contributed by atoms with E-state index in [0.717, 1.165) is 5.56 Å². The number of hydrogen-bond acceptors (Lipinski definition) is 2. The maximum absolute atomic E-state index is 6.05. The SMILES string of the molecule is S=C(NCc1ccccc1Cl)Nc1ccc(Cl)cn1. The van der Waals surface area contributed by atoms with Crippen LogP contribution in [-0.2, 0) is 6.54 Å². The summed E-state index contributed by atoms with van der Waals surface area (Å²) in [6.07, 6.45) is 1.56. The highest BCUT2D eigenvalue weighted by molar-refractivity contribution is 7.80. The molecule has 6 heteroatoms. The van der Waals surface area contributed by atoms with Gasteiger partial charge in [-0.05, 0) is 36.0 Å². The van der Waals surface area contributed by atoms with Gasteiger partial charge < -0.3 is 10.6 Å². The Morgan fingerprint density at radius 3 is 2.63 bits per heavy atom. The van der Waals surface area contributed by atoms with E-state index in [4.69, 9.17) is 35.4 Å². The Bertz CT molecular complexity index is 572. The number of nitrogens with zero attached hydrogens (tertiary/aromatic N) is 1.